The van der Waals surface area contributed by atoms with E-state index in [1.165, 1.54) is 0 Å². The van der Waals surface area contributed by atoms with Crippen LogP contribution in [0.4, 0.5) is 5.95 Å². The third kappa shape index (κ3) is 2.28. The van der Waals surface area contributed by atoms with Crippen LogP contribution in [0.3, 0.4) is 0 Å². The maximum Gasteiger partial charge on any atom is 0.224 e. The van der Waals surface area contributed by atoms with Gasteiger partial charge in [0, 0.05) is 17.7 Å². The van der Waals surface area contributed by atoms with Gasteiger partial charge in [0.05, 0.1) is 6.61 Å². The Kier molecular flexibility index (Phi) is 2.75. The Morgan fingerprint density at radius 1 is 1.56 bits per heavy atom. The molecule has 0 spiro atoms. The molecule has 2 N–H and O–H groups in total. The number of rotatable bonds is 4. The zero-order chi connectivity index (χ0) is 11.6. The molecule has 5 heteroatoms. The van der Waals surface area contributed by atoms with Crippen LogP contribution in [0.25, 0.3) is 0 Å². The van der Waals surface area contributed by atoms with E-state index >= 15 is 0 Å². The molecule has 0 amide bonds. The Morgan fingerprint density at radius 3 is 2.88 bits per heavy atom. The minimum Gasteiger partial charge on any atom is -0.396 e. The van der Waals surface area contributed by atoms with E-state index in [4.69, 9.17) is 10.4 Å². The van der Waals surface area contributed by atoms with Gasteiger partial charge in [0.2, 0.25) is 5.95 Å². The molecule has 0 unspecified atom stereocenters. The van der Waals surface area contributed by atoms with Crippen molar-refractivity contribution >= 4 is 5.95 Å². The van der Waals surface area contributed by atoms with Crippen LogP contribution in [0.5, 0.6) is 0 Å². The Balaban J connectivity index is 2.04. The number of nitriles is 1. The van der Waals surface area contributed by atoms with Gasteiger partial charge in [0.25, 0.3) is 0 Å². The van der Waals surface area contributed by atoms with Crippen LogP contribution in [-0.2, 0) is 0 Å². The molecule has 1 fully saturated rings. The first-order valence-corrected chi connectivity index (χ1v) is 5.28. The van der Waals surface area contributed by atoms with Gasteiger partial charge in [-0.15, -0.1) is 0 Å². The molecule has 0 aliphatic heterocycles. The van der Waals surface area contributed by atoms with Gasteiger partial charge in [-0.25, -0.2) is 9.97 Å². The number of hydrogen-bond acceptors (Lipinski definition) is 5. The van der Waals surface area contributed by atoms with Gasteiger partial charge in [0.15, 0.2) is 0 Å². The van der Waals surface area contributed by atoms with Crippen LogP contribution in [0.15, 0.2) is 6.07 Å². The predicted octanol–water partition coefficient (Wildman–Crippen LogP) is 0.841. The first kappa shape index (κ1) is 10.8. The Morgan fingerprint density at radius 2 is 2.31 bits per heavy atom. The van der Waals surface area contributed by atoms with Crippen molar-refractivity contribution in [3.63, 3.8) is 0 Å². The monoisotopic (exact) mass is 218 g/mol. The highest BCUT2D eigenvalue weighted by molar-refractivity contribution is 5.33. The van der Waals surface area contributed by atoms with Gasteiger partial charge in [-0.2, -0.15) is 5.26 Å². The summed E-state index contributed by atoms with van der Waals surface area (Å²) in [7, 11) is 0. The van der Waals surface area contributed by atoms with Crippen molar-refractivity contribution < 1.29 is 5.11 Å². The van der Waals surface area contributed by atoms with Crippen molar-refractivity contribution in [1.29, 1.82) is 5.26 Å². The van der Waals surface area contributed by atoms with E-state index in [1.807, 2.05) is 13.0 Å². The minimum atomic E-state index is 0.0138. The highest BCUT2D eigenvalue weighted by atomic mass is 16.3. The molecule has 0 saturated heterocycles. The summed E-state index contributed by atoms with van der Waals surface area (Å²) in [5, 5.41) is 21.0. The van der Waals surface area contributed by atoms with Crippen molar-refractivity contribution in [1.82, 2.24) is 9.97 Å². The van der Waals surface area contributed by atoms with E-state index in [0.29, 0.717) is 18.2 Å². The van der Waals surface area contributed by atoms with Gasteiger partial charge in [-0.05, 0) is 25.8 Å². The fourth-order valence-electron chi connectivity index (χ4n) is 1.54. The number of aromatic nitrogens is 2. The van der Waals surface area contributed by atoms with E-state index in [2.05, 4.69) is 15.3 Å². The molecule has 0 bridgehead atoms. The fourth-order valence-corrected chi connectivity index (χ4v) is 1.54. The quantitative estimate of drug-likeness (QED) is 0.782. The molecule has 0 aromatic carbocycles. The van der Waals surface area contributed by atoms with E-state index < -0.39 is 0 Å². The first-order chi connectivity index (χ1) is 7.67. The number of aliphatic hydroxyl groups is 1. The van der Waals surface area contributed by atoms with Gasteiger partial charge >= 0.3 is 0 Å². The largest absolute Gasteiger partial charge is 0.396 e. The van der Waals surface area contributed by atoms with Crippen molar-refractivity contribution in [3.8, 4) is 6.07 Å². The second kappa shape index (κ2) is 4.06. The lowest BCUT2D eigenvalue weighted by Crippen LogP contribution is -2.20. The second-order valence-corrected chi connectivity index (χ2v) is 4.34. The van der Waals surface area contributed by atoms with E-state index in [1.54, 1.807) is 6.07 Å². The van der Waals surface area contributed by atoms with Gasteiger partial charge in [0.1, 0.15) is 11.8 Å². The number of hydrogen-bond donors (Lipinski definition) is 2. The molecule has 1 aromatic heterocycles. The summed E-state index contributed by atoms with van der Waals surface area (Å²) in [6.07, 6.45) is 2.07. The zero-order valence-electron chi connectivity index (χ0n) is 9.19. The smallest absolute Gasteiger partial charge is 0.224 e. The predicted molar refractivity (Wildman–Crippen MR) is 58.7 cm³/mol. The Bertz CT molecular complexity index is 434. The van der Waals surface area contributed by atoms with Crippen LogP contribution in [0.1, 0.15) is 24.2 Å². The molecule has 84 valence electrons. The number of anilines is 1. The molecule has 5 nitrogen and oxygen atoms in total. The molecule has 1 aliphatic rings. The molecular formula is C11H14N4O. The van der Waals surface area contributed by atoms with Crippen LogP contribution in [-0.4, -0.2) is 28.2 Å². The molecule has 1 aliphatic carbocycles. The standard InChI is InChI=1S/C11H14N4O/c1-8-4-9(5-12)15-10(14-8)13-6-11(7-16)2-3-11/h4,16H,2-3,6-7H2,1H3,(H,13,14,15). The van der Waals surface area contributed by atoms with Gasteiger partial charge in [-0.1, -0.05) is 0 Å². The van der Waals surface area contributed by atoms with Gasteiger partial charge < -0.3 is 10.4 Å². The lowest BCUT2D eigenvalue weighted by molar-refractivity contribution is 0.219. The highest BCUT2D eigenvalue weighted by Crippen LogP contribution is 2.44. The number of aliphatic hydroxyl groups excluding tert-OH is 1. The topological polar surface area (TPSA) is 81.8 Å². The normalized spacial score (nSPS) is 16.6. The lowest BCUT2D eigenvalue weighted by atomic mass is 10.1. The molecule has 1 heterocycles. The fraction of sp³-hybridized carbons (Fsp3) is 0.545. The molecule has 1 aromatic rings. The molecule has 16 heavy (non-hydrogen) atoms. The van der Waals surface area contributed by atoms with E-state index in [0.717, 1.165) is 18.5 Å². The molecular weight excluding hydrogens is 204 g/mol. The van der Waals surface area contributed by atoms with Crippen molar-refractivity contribution in [3.05, 3.63) is 17.5 Å². The first-order valence-electron chi connectivity index (χ1n) is 5.28. The maximum atomic E-state index is 9.16. The number of aryl methyl sites for hydroxylation is 1. The highest BCUT2D eigenvalue weighted by Gasteiger charge is 2.41. The van der Waals surface area contributed by atoms with E-state index in [-0.39, 0.29) is 12.0 Å². The third-order valence-corrected chi connectivity index (χ3v) is 2.88. The van der Waals surface area contributed by atoms with Crippen LogP contribution in [0.2, 0.25) is 0 Å². The van der Waals surface area contributed by atoms with Crippen molar-refractivity contribution in [2.75, 3.05) is 18.5 Å². The zero-order valence-corrected chi connectivity index (χ0v) is 9.19. The van der Waals surface area contributed by atoms with Crippen LogP contribution < -0.4 is 5.32 Å². The Hall–Kier alpha value is -1.67. The number of nitrogens with zero attached hydrogens (tertiary/aromatic N) is 3. The van der Waals surface area contributed by atoms with Crippen molar-refractivity contribution in [2.45, 2.75) is 19.8 Å². The average Bonchev–Trinajstić information content (AvgIpc) is 3.06. The van der Waals surface area contributed by atoms with Crippen LogP contribution in [0, 0.1) is 23.7 Å². The minimum absolute atomic E-state index is 0.0138. The SMILES string of the molecule is Cc1cc(C#N)nc(NCC2(CO)CC2)n1. The average molecular weight is 218 g/mol. The number of nitrogens with one attached hydrogen (secondary N) is 1. The van der Waals surface area contributed by atoms with Crippen LogP contribution >= 0.6 is 0 Å². The summed E-state index contributed by atoms with van der Waals surface area (Å²) >= 11 is 0. The molecule has 0 atom stereocenters. The maximum absolute atomic E-state index is 9.16. The summed E-state index contributed by atoms with van der Waals surface area (Å²) in [5.74, 6) is 0.469. The third-order valence-electron chi connectivity index (χ3n) is 2.88. The van der Waals surface area contributed by atoms with Gasteiger partial charge in [-0.3, -0.25) is 0 Å². The van der Waals surface area contributed by atoms with Crippen molar-refractivity contribution in [2.24, 2.45) is 5.41 Å². The lowest BCUT2D eigenvalue weighted by Gasteiger charge is -2.12. The summed E-state index contributed by atoms with van der Waals surface area (Å²) in [5.41, 5.74) is 1.15. The molecule has 2 rings (SSSR count). The summed E-state index contributed by atoms with van der Waals surface area (Å²) < 4.78 is 0. The second-order valence-electron chi connectivity index (χ2n) is 4.34. The van der Waals surface area contributed by atoms with E-state index in [9.17, 15) is 0 Å². The summed E-state index contributed by atoms with van der Waals surface area (Å²) in [4.78, 5) is 8.24. The molecule has 0 radical (unpaired) electrons. The summed E-state index contributed by atoms with van der Waals surface area (Å²) in [6, 6.07) is 3.64. The Labute approximate surface area is 94.2 Å². The summed E-state index contributed by atoms with van der Waals surface area (Å²) in [6.45, 7) is 2.68. The molecule has 1 saturated carbocycles.